The van der Waals surface area contributed by atoms with Gasteiger partial charge in [0.05, 0.1) is 28.6 Å². The van der Waals surface area contributed by atoms with Crippen LogP contribution in [0.25, 0.3) is 17.4 Å². The first-order chi connectivity index (χ1) is 16.3. The summed E-state index contributed by atoms with van der Waals surface area (Å²) >= 11 is 12.9. The molecule has 0 unspecified atom stereocenters. The summed E-state index contributed by atoms with van der Waals surface area (Å²) in [6.07, 6.45) is 1.46. The molecule has 1 aliphatic heterocycles. The molecule has 2 aromatic carbocycles. The average molecular weight is 520 g/mol. The van der Waals surface area contributed by atoms with Gasteiger partial charge in [-0.1, -0.05) is 29.3 Å². The Morgan fingerprint density at radius 1 is 1.12 bits per heavy atom. The average Bonchev–Trinajstić information content (AvgIpc) is 3.36. The molecule has 0 atom stereocenters. The summed E-state index contributed by atoms with van der Waals surface area (Å²) in [6.45, 7) is 1.84. The topological polar surface area (TPSA) is 76.8 Å². The van der Waals surface area contributed by atoms with Crippen molar-refractivity contribution < 1.29 is 27.9 Å². The van der Waals surface area contributed by atoms with Gasteiger partial charge in [-0.3, -0.25) is 14.5 Å². The third-order valence-electron chi connectivity index (χ3n) is 4.86. The summed E-state index contributed by atoms with van der Waals surface area (Å²) in [5.74, 6) is -0.786. The van der Waals surface area contributed by atoms with Crippen molar-refractivity contribution in [2.75, 3.05) is 6.61 Å². The molecule has 0 saturated carbocycles. The minimum Gasteiger partial charge on any atom is -0.462 e. The minimum atomic E-state index is -0.545. The van der Waals surface area contributed by atoms with Crippen LogP contribution in [0, 0.1) is 5.82 Å². The van der Waals surface area contributed by atoms with Crippen LogP contribution < -0.4 is 0 Å². The molecular formula is C24H16Cl2FNO5S. The standard InChI is InChI=1S/C24H16Cl2FNO5S/c1-2-32-23(30)17-9-13(4-7-18(17)25)20-8-6-16(33-20)11-21-22(29)28(24(31)34-21)12-14-3-5-15(27)10-19(14)26/h3-11H,2,12H2,1H3/b21-11-. The van der Waals surface area contributed by atoms with Crippen LogP contribution in [0.1, 0.15) is 28.6 Å². The Bertz CT molecular complexity index is 1340. The van der Waals surface area contributed by atoms with Gasteiger partial charge in [-0.05, 0) is 66.7 Å². The lowest BCUT2D eigenvalue weighted by atomic mass is 10.1. The fraction of sp³-hybridized carbons (Fsp3) is 0.125. The van der Waals surface area contributed by atoms with Gasteiger partial charge in [-0.15, -0.1) is 0 Å². The van der Waals surface area contributed by atoms with Gasteiger partial charge in [-0.2, -0.15) is 0 Å². The van der Waals surface area contributed by atoms with Gasteiger partial charge in [-0.25, -0.2) is 9.18 Å². The maximum absolute atomic E-state index is 13.3. The smallest absolute Gasteiger partial charge is 0.339 e. The molecule has 10 heteroatoms. The molecule has 1 aromatic heterocycles. The third-order valence-corrected chi connectivity index (χ3v) is 6.45. The number of carbonyl (C=O) groups excluding carboxylic acids is 3. The van der Waals surface area contributed by atoms with Gasteiger partial charge >= 0.3 is 5.97 Å². The molecule has 2 amide bonds. The van der Waals surface area contributed by atoms with E-state index in [0.717, 1.165) is 22.7 Å². The number of hydrogen-bond donors (Lipinski definition) is 0. The highest BCUT2D eigenvalue weighted by molar-refractivity contribution is 8.18. The lowest BCUT2D eigenvalue weighted by Crippen LogP contribution is -2.27. The first kappa shape index (κ1) is 24.1. The van der Waals surface area contributed by atoms with E-state index in [-0.39, 0.29) is 33.7 Å². The Morgan fingerprint density at radius 2 is 1.91 bits per heavy atom. The van der Waals surface area contributed by atoms with Crippen LogP contribution in [0.15, 0.2) is 57.9 Å². The molecule has 34 heavy (non-hydrogen) atoms. The SMILES string of the molecule is CCOC(=O)c1cc(-c2ccc(/C=C3\SC(=O)N(Cc4ccc(F)cc4Cl)C3=O)o2)ccc1Cl. The normalized spacial score (nSPS) is 14.8. The zero-order chi connectivity index (χ0) is 24.4. The molecule has 6 nitrogen and oxygen atoms in total. The van der Waals surface area contributed by atoms with Gasteiger partial charge in [0.1, 0.15) is 17.3 Å². The van der Waals surface area contributed by atoms with Crippen LogP contribution in [0.4, 0.5) is 9.18 Å². The Balaban J connectivity index is 1.54. The summed E-state index contributed by atoms with van der Waals surface area (Å²) in [5, 5.41) is -0.0898. The number of rotatable bonds is 6. The van der Waals surface area contributed by atoms with Crippen molar-refractivity contribution in [3.05, 3.63) is 86.2 Å². The number of imide groups is 1. The summed E-state index contributed by atoms with van der Waals surface area (Å²) < 4.78 is 24.1. The Labute approximate surface area is 208 Å². The maximum Gasteiger partial charge on any atom is 0.339 e. The Morgan fingerprint density at radius 3 is 2.65 bits per heavy atom. The number of ether oxygens (including phenoxy) is 1. The lowest BCUT2D eigenvalue weighted by Gasteiger charge is -2.13. The number of nitrogens with zero attached hydrogens (tertiary/aromatic N) is 1. The van der Waals surface area contributed by atoms with E-state index in [0.29, 0.717) is 22.6 Å². The monoisotopic (exact) mass is 519 g/mol. The second-order valence-corrected chi connectivity index (χ2v) is 8.93. The van der Waals surface area contributed by atoms with Crippen molar-refractivity contribution >= 4 is 58.2 Å². The molecule has 1 saturated heterocycles. The first-order valence-electron chi connectivity index (χ1n) is 10.0. The van der Waals surface area contributed by atoms with E-state index in [1.54, 1.807) is 37.3 Å². The van der Waals surface area contributed by atoms with Crippen molar-refractivity contribution in [2.24, 2.45) is 0 Å². The van der Waals surface area contributed by atoms with Gasteiger partial charge < -0.3 is 9.15 Å². The lowest BCUT2D eigenvalue weighted by molar-refractivity contribution is -0.123. The van der Waals surface area contributed by atoms with E-state index in [2.05, 4.69) is 0 Å². The molecule has 1 fully saturated rings. The number of furan rings is 1. The maximum atomic E-state index is 13.3. The number of hydrogen-bond acceptors (Lipinski definition) is 6. The summed E-state index contributed by atoms with van der Waals surface area (Å²) in [4.78, 5) is 38.5. The van der Waals surface area contributed by atoms with E-state index >= 15 is 0 Å². The van der Waals surface area contributed by atoms with E-state index in [1.807, 2.05) is 0 Å². The number of halogens is 3. The van der Waals surface area contributed by atoms with Crippen LogP contribution in [-0.2, 0) is 16.1 Å². The van der Waals surface area contributed by atoms with Crippen molar-refractivity contribution in [2.45, 2.75) is 13.5 Å². The van der Waals surface area contributed by atoms with Crippen LogP contribution in [0.2, 0.25) is 10.0 Å². The van der Waals surface area contributed by atoms with Gasteiger partial charge in [0.15, 0.2) is 0 Å². The van der Waals surface area contributed by atoms with Gasteiger partial charge in [0.2, 0.25) is 0 Å². The molecule has 0 radical (unpaired) electrons. The molecule has 0 aliphatic carbocycles. The first-order valence-corrected chi connectivity index (χ1v) is 11.6. The molecule has 0 N–H and O–H groups in total. The number of benzene rings is 2. The number of carbonyl (C=O) groups is 3. The van der Waals surface area contributed by atoms with E-state index in [4.69, 9.17) is 32.4 Å². The van der Waals surface area contributed by atoms with Gasteiger partial charge in [0, 0.05) is 16.7 Å². The second kappa shape index (κ2) is 10.0. The molecule has 174 valence electrons. The summed E-state index contributed by atoms with van der Waals surface area (Å²) in [7, 11) is 0. The Hall–Kier alpha value is -3.07. The fourth-order valence-electron chi connectivity index (χ4n) is 3.22. The van der Waals surface area contributed by atoms with Crippen molar-refractivity contribution in [1.29, 1.82) is 0 Å². The number of esters is 1. The summed E-state index contributed by atoms with van der Waals surface area (Å²) in [6, 6.07) is 11.9. The van der Waals surface area contributed by atoms with E-state index in [1.165, 1.54) is 18.2 Å². The number of thioether (sulfide) groups is 1. The molecule has 4 rings (SSSR count). The predicted molar refractivity (Wildman–Crippen MR) is 128 cm³/mol. The van der Waals surface area contributed by atoms with Gasteiger partial charge in [0.25, 0.3) is 11.1 Å². The second-order valence-electron chi connectivity index (χ2n) is 7.12. The van der Waals surface area contributed by atoms with Crippen molar-refractivity contribution in [1.82, 2.24) is 4.90 Å². The number of amides is 2. The zero-order valence-corrected chi connectivity index (χ0v) is 20.0. The fourth-order valence-corrected chi connectivity index (χ4v) is 4.46. The van der Waals surface area contributed by atoms with Crippen LogP contribution in [0.3, 0.4) is 0 Å². The van der Waals surface area contributed by atoms with E-state index < -0.39 is 22.9 Å². The zero-order valence-electron chi connectivity index (χ0n) is 17.6. The highest BCUT2D eigenvalue weighted by atomic mass is 35.5. The highest BCUT2D eigenvalue weighted by Crippen LogP contribution is 2.35. The van der Waals surface area contributed by atoms with Crippen LogP contribution >= 0.6 is 35.0 Å². The predicted octanol–water partition coefficient (Wildman–Crippen LogP) is 6.81. The van der Waals surface area contributed by atoms with Crippen molar-refractivity contribution in [3.63, 3.8) is 0 Å². The molecule has 1 aliphatic rings. The Kier molecular flexibility index (Phi) is 7.11. The molecule has 2 heterocycles. The van der Waals surface area contributed by atoms with Crippen molar-refractivity contribution in [3.8, 4) is 11.3 Å². The highest BCUT2D eigenvalue weighted by Gasteiger charge is 2.35. The molecular weight excluding hydrogens is 504 g/mol. The van der Waals surface area contributed by atoms with Crippen LogP contribution in [-0.4, -0.2) is 28.6 Å². The molecule has 0 spiro atoms. The van der Waals surface area contributed by atoms with Crippen LogP contribution in [0.5, 0.6) is 0 Å². The van der Waals surface area contributed by atoms with E-state index in [9.17, 15) is 18.8 Å². The third kappa shape index (κ3) is 5.04. The summed E-state index contributed by atoms with van der Waals surface area (Å²) in [5.41, 5.74) is 1.25. The quantitative estimate of drug-likeness (QED) is 0.263. The molecule has 3 aromatic rings. The minimum absolute atomic E-state index is 0.0774. The largest absolute Gasteiger partial charge is 0.462 e. The molecule has 0 bridgehead atoms.